The van der Waals surface area contributed by atoms with Gasteiger partial charge in [-0.2, -0.15) is 0 Å². The molecule has 1 heterocycles. The van der Waals surface area contributed by atoms with Gasteiger partial charge < -0.3 is 4.90 Å². The lowest BCUT2D eigenvalue weighted by atomic mass is 10.1. The molecule has 0 aliphatic rings. The number of hydrogen-bond donors (Lipinski definition) is 0. The number of hydrogen-bond acceptors (Lipinski definition) is 3. The summed E-state index contributed by atoms with van der Waals surface area (Å²) in [5.41, 5.74) is 4.49. The van der Waals surface area contributed by atoms with Gasteiger partial charge in [0.25, 0.3) is 0 Å². The molecule has 0 fully saturated rings. The van der Waals surface area contributed by atoms with Crippen molar-refractivity contribution in [3.8, 4) is 0 Å². The van der Waals surface area contributed by atoms with Crippen molar-refractivity contribution in [1.29, 1.82) is 0 Å². The molecule has 0 spiro atoms. The molecule has 2 aromatic carbocycles. The van der Waals surface area contributed by atoms with Crippen LogP contribution < -0.4 is 0 Å². The second-order valence-corrected chi connectivity index (χ2v) is 6.59. The van der Waals surface area contributed by atoms with Gasteiger partial charge in [-0.05, 0) is 18.1 Å². The Kier molecular flexibility index (Phi) is 7.42. The van der Waals surface area contributed by atoms with Crippen molar-refractivity contribution >= 4 is 17.0 Å². The van der Waals surface area contributed by atoms with Gasteiger partial charge in [0.2, 0.25) is 0 Å². The quantitative estimate of drug-likeness (QED) is 0.530. The summed E-state index contributed by atoms with van der Waals surface area (Å²) in [5, 5.41) is 3.15. The minimum Gasteiger partial charge on any atom is -0.362 e. The molecular weight excluding hydrogens is 324 g/mol. The fourth-order valence-electron chi connectivity index (χ4n) is 2.51. The molecule has 0 saturated heterocycles. The van der Waals surface area contributed by atoms with E-state index >= 15 is 0 Å². The van der Waals surface area contributed by atoms with Crippen molar-refractivity contribution < 1.29 is 0 Å². The summed E-state index contributed by atoms with van der Waals surface area (Å²) in [6.07, 6.45) is 0. The summed E-state index contributed by atoms with van der Waals surface area (Å²) in [6.45, 7) is 12.0. The number of rotatable bonds is 6. The molecular formula is C22H26N2S. The maximum atomic E-state index is 4.59. The van der Waals surface area contributed by atoms with Crippen LogP contribution in [-0.4, -0.2) is 9.88 Å². The predicted molar refractivity (Wildman–Crippen MR) is 109 cm³/mol. The molecule has 0 saturated carbocycles. The predicted octanol–water partition coefficient (Wildman–Crippen LogP) is 6.15. The SMILES string of the molecule is C=C(c1csc(C)n1)N(Cc1ccccc1)Cc1ccccc1.CC. The standard InChI is InChI=1S/C20H20N2S.C2H6/c1-16(20-15-23-17(2)21-20)22(13-18-9-5-3-6-10-18)14-19-11-7-4-8-12-19;1-2/h3-12,15H,1,13-14H2,2H3;1-2H3. The van der Waals surface area contributed by atoms with Gasteiger partial charge in [-0.3, -0.25) is 0 Å². The van der Waals surface area contributed by atoms with E-state index in [1.165, 1.54) is 11.1 Å². The van der Waals surface area contributed by atoms with Crippen molar-refractivity contribution in [3.63, 3.8) is 0 Å². The summed E-state index contributed by atoms with van der Waals surface area (Å²) >= 11 is 1.66. The van der Waals surface area contributed by atoms with E-state index in [1.54, 1.807) is 11.3 Å². The normalized spacial score (nSPS) is 9.88. The third-order valence-electron chi connectivity index (χ3n) is 3.73. The van der Waals surface area contributed by atoms with E-state index in [0.29, 0.717) is 0 Å². The Bertz CT molecular complexity index is 721. The highest BCUT2D eigenvalue weighted by molar-refractivity contribution is 7.09. The van der Waals surface area contributed by atoms with E-state index in [0.717, 1.165) is 29.5 Å². The molecule has 0 amide bonds. The van der Waals surface area contributed by atoms with Crippen LogP contribution in [-0.2, 0) is 13.1 Å². The highest BCUT2D eigenvalue weighted by Gasteiger charge is 2.13. The zero-order valence-electron chi connectivity index (χ0n) is 15.3. The van der Waals surface area contributed by atoms with Crippen LogP contribution in [0.1, 0.15) is 35.7 Å². The monoisotopic (exact) mass is 350 g/mol. The molecule has 0 bridgehead atoms. The first kappa shape index (κ1) is 18.9. The van der Waals surface area contributed by atoms with E-state index in [2.05, 4.69) is 70.4 Å². The number of nitrogens with zero attached hydrogens (tertiary/aromatic N) is 2. The summed E-state index contributed by atoms with van der Waals surface area (Å²) < 4.78 is 0. The number of aryl methyl sites for hydroxylation is 1. The molecule has 130 valence electrons. The molecule has 1 aromatic heterocycles. The minimum absolute atomic E-state index is 0.825. The maximum Gasteiger partial charge on any atom is 0.0969 e. The first-order valence-electron chi connectivity index (χ1n) is 8.66. The highest BCUT2D eigenvalue weighted by atomic mass is 32.1. The molecule has 3 aromatic rings. The van der Waals surface area contributed by atoms with Gasteiger partial charge in [0.1, 0.15) is 0 Å². The number of aromatic nitrogens is 1. The van der Waals surface area contributed by atoms with Crippen LogP contribution in [0.5, 0.6) is 0 Å². The Balaban J connectivity index is 0.00000109. The van der Waals surface area contributed by atoms with Crippen LogP contribution in [0.3, 0.4) is 0 Å². The molecule has 0 atom stereocenters. The second kappa shape index (κ2) is 9.80. The van der Waals surface area contributed by atoms with E-state index in [1.807, 2.05) is 32.9 Å². The lowest BCUT2D eigenvalue weighted by molar-refractivity contribution is 0.383. The first-order valence-corrected chi connectivity index (χ1v) is 9.54. The summed E-state index contributed by atoms with van der Waals surface area (Å²) in [4.78, 5) is 6.88. The van der Waals surface area contributed by atoms with E-state index in [4.69, 9.17) is 0 Å². The summed E-state index contributed by atoms with van der Waals surface area (Å²) in [7, 11) is 0. The minimum atomic E-state index is 0.825. The van der Waals surface area contributed by atoms with Gasteiger partial charge in [0.15, 0.2) is 0 Å². The zero-order chi connectivity index (χ0) is 18.1. The topological polar surface area (TPSA) is 16.1 Å². The van der Waals surface area contributed by atoms with Crippen molar-refractivity contribution in [3.05, 3.63) is 94.5 Å². The van der Waals surface area contributed by atoms with Gasteiger partial charge in [-0.1, -0.05) is 81.1 Å². The van der Waals surface area contributed by atoms with Crippen molar-refractivity contribution in [2.75, 3.05) is 0 Å². The van der Waals surface area contributed by atoms with E-state index in [9.17, 15) is 0 Å². The van der Waals surface area contributed by atoms with Gasteiger partial charge in [-0.25, -0.2) is 4.98 Å². The van der Waals surface area contributed by atoms with Crippen LogP contribution in [0, 0.1) is 6.92 Å². The van der Waals surface area contributed by atoms with Crippen molar-refractivity contribution in [1.82, 2.24) is 9.88 Å². The smallest absolute Gasteiger partial charge is 0.0969 e. The Hall–Kier alpha value is -2.39. The first-order chi connectivity index (χ1) is 12.2. The van der Waals surface area contributed by atoms with Crippen LogP contribution in [0.2, 0.25) is 0 Å². The Morgan fingerprint density at radius 2 is 1.40 bits per heavy atom. The fraction of sp³-hybridized carbons (Fsp3) is 0.227. The zero-order valence-corrected chi connectivity index (χ0v) is 16.1. The largest absolute Gasteiger partial charge is 0.362 e. The molecule has 3 rings (SSSR count). The lowest BCUT2D eigenvalue weighted by Crippen LogP contribution is -2.21. The summed E-state index contributed by atoms with van der Waals surface area (Å²) in [6, 6.07) is 21.0. The molecule has 0 aliphatic carbocycles. The van der Waals surface area contributed by atoms with Gasteiger partial charge in [0, 0.05) is 18.5 Å². The fourth-order valence-corrected chi connectivity index (χ4v) is 3.13. The molecule has 2 nitrogen and oxygen atoms in total. The average molecular weight is 351 g/mol. The number of benzene rings is 2. The van der Waals surface area contributed by atoms with Gasteiger partial charge in [0.05, 0.1) is 16.4 Å². The van der Waals surface area contributed by atoms with Crippen LogP contribution in [0.4, 0.5) is 0 Å². The van der Waals surface area contributed by atoms with Crippen LogP contribution >= 0.6 is 11.3 Å². The molecule has 3 heteroatoms. The van der Waals surface area contributed by atoms with Gasteiger partial charge >= 0.3 is 0 Å². The number of thiazole rings is 1. The molecule has 0 N–H and O–H groups in total. The van der Waals surface area contributed by atoms with Crippen LogP contribution in [0.25, 0.3) is 5.70 Å². The summed E-state index contributed by atoms with van der Waals surface area (Å²) in [5.74, 6) is 0. The van der Waals surface area contributed by atoms with E-state index < -0.39 is 0 Å². The van der Waals surface area contributed by atoms with Crippen molar-refractivity contribution in [2.45, 2.75) is 33.9 Å². The second-order valence-electron chi connectivity index (χ2n) is 5.53. The molecule has 0 unspecified atom stereocenters. The van der Waals surface area contributed by atoms with Crippen molar-refractivity contribution in [2.24, 2.45) is 0 Å². The maximum absolute atomic E-state index is 4.59. The van der Waals surface area contributed by atoms with Crippen LogP contribution in [0.15, 0.2) is 72.6 Å². The average Bonchev–Trinajstić information content (AvgIpc) is 3.10. The molecule has 25 heavy (non-hydrogen) atoms. The third kappa shape index (κ3) is 5.57. The Labute approximate surface area is 155 Å². The molecule has 0 radical (unpaired) electrons. The third-order valence-corrected chi connectivity index (χ3v) is 4.50. The highest BCUT2D eigenvalue weighted by Crippen LogP contribution is 2.23. The van der Waals surface area contributed by atoms with Gasteiger partial charge in [-0.15, -0.1) is 11.3 Å². The lowest BCUT2D eigenvalue weighted by Gasteiger charge is -2.26. The Morgan fingerprint density at radius 3 is 1.80 bits per heavy atom. The van der Waals surface area contributed by atoms with E-state index in [-0.39, 0.29) is 0 Å². The molecule has 0 aliphatic heterocycles. The Morgan fingerprint density at radius 1 is 0.920 bits per heavy atom.